The molecule has 0 unspecified atom stereocenters. The largest absolute Gasteiger partial charge is 0.397 e. The molecule has 1 aromatic heterocycles. The van der Waals surface area contributed by atoms with Gasteiger partial charge in [0.15, 0.2) is 0 Å². The van der Waals surface area contributed by atoms with E-state index in [1.807, 2.05) is 30.1 Å². The molecule has 1 aromatic carbocycles. The summed E-state index contributed by atoms with van der Waals surface area (Å²) in [4.78, 5) is 14.7. The fourth-order valence-corrected chi connectivity index (χ4v) is 2.84. The van der Waals surface area contributed by atoms with Crippen LogP contribution in [0.15, 0.2) is 36.5 Å². The molecule has 0 spiro atoms. The Hall–Kier alpha value is -2.23. The first-order chi connectivity index (χ1) is 9.66. The Morgan fingerprint density at radius 1 is 1.25 bits per heavy atom. The number of nitrogens with zero attached hydrogens (tertiary/aromatic N) is 2. The van der Waals surface area contributed by atoms with Gasteiger partial charge in [-0.3, -0.25) is 4.79 Å². The van der Waals surface area contributed by atoms with Crippen molar-refractivity contribution in [1.82, 2.24) is 4.57 Å². The molecule has 0 radical (unpaired) electrons. The number of aryl methyl sites for hydroxylation is 2. The van der Waals surface area contributed by atoms with Gasteiger partial charge in [0.1, 0.15) is 5.69 Å². The zero-order valence-corrected chi connectivity index (χ0v) is 11.7. The summed E-state index contributed by atoms with van der Waals surface area (Å²) < 4.78 is 1.80. The summed E-state index contributed by atoms with van der Waals surface area (Å²) in [7, 11) is 1.85. The summed E-state index contributed by atoms with van der Waals surface area (Å²) in [6.45, 7) is 0.765. The minimum atomic E-state index is 0.0264. The highest BCUT2D eigenvalue weighted by molar-refractivity contribution is 6.06. The second kappa shape index (κ2) is 5.04. The molecule has 1 aliphatic heterocycles. The van der Waals surface area contributed by atoms with E-state index in [2.05, 4.69) is 6.07 Å². The lowest BCUT2D eigenvalue weighted by atomic mass is 10.1. The number of rotatable bonds is 1. The molecule has 3 rings (SSSR count). The number of benzene rings is 1. The van der Waals surface area contributed by atoms with Gasteiger partial charge in [-0.15, -0.1) is 0 Å². The van der Waals surface area contributed by atoms with Gasteiger partial charge in [-0.25, -0.2) is 0 Å². The van der Waals surface area contributed by atoms with E-state index in [0.29, 0.717) is 11.4 Å². The van der Waals surface area contributed by atoms with Gasteiger partial charge in [0, 0.05) is 25.5 Å². The van der Waals surface area contributed by atoms with E-state index in [0.717, 1.165) is 31.5 Å². The van der Waals surface area contributed by atoms with Crippen LogP contribution in [-0.4, -0.2) is 17.0 Å². The summed E-state index contributed by atoms with van der Waals surface area (Å²) in [5.41, 5.74) is 9.33. The number of anilines is 2. The molecule has 0 atom stereocenters. The van der Waals surface area contributed by atoms with Gasteiger partial charge in [-0.05, 0) is 37.0 Å². The van der Waals surface area contributed by atoms with E-state index >= 15 is 0 Å². The average Bonchev–Trinajstić information content (AvgIpc) is 2.66. The normalized spacial score (nSPS) is 14.8. The van der Waals surface area contributed by atoms with Crippen molar-refractivity contribution < 1.29 is 4.79 Å². The van der Waals surface area contributed by atoms with E-state index in [1.54, 1.807) is 16.8 Å². The maximum absolute atomic E-state index is 12.8. The number of nitrogen functional groups attached to an aromatic ring is 1. The standard InChI is InChI=1S/C16H19N3O/c1-18-11-13(17)10-15(18)16(20)19-9-5-4-7-12-6-2-3-8-14(12)19/h2-3,6,8,10-11H,4-5,7,9,17H2,1H3. The maximum Gasteiger partial charge on any atom is 0.274 e. The van der Waals surface area contributed by atoms with Gasteiger partial charge in [0.2, 0.25) is 0 Å². The van der Waals surface area contributed by atoms with E-state index in [-0.39, 0.29) is 5.91 Å². The number of amides is 1. The van der Waals surface area contributed by atoms with Crippen LogP contribution < -0.4 is 10.6 Å². The number of aromatic nitrogens is 1. The first-order valence-corrected chi connectivity index (χ1v) is 6.98. The monoisotopic (exact) mass is 269 g/mol. The van der Waals surface area contributed by atoms with Crippen molar-refractivity contribution in [3.63, 3.8) is 0 Å². The van der Waals surface area contributed by atoms with E-state index < -0.39 is 0 Å². The molecule has 4 nitrogen and oxygen atoms in total. The number of para-hydroxylation sites is 1. The molecule has 0 aliphatic carbocycles. The van der Waals surface area contributed by atoms with Crippen molar-refractivity contribution in [1.29, 1.82) is 0 Å². The van der Waals surface area contributed by atoms with Crippen LogP contribution >= 0.6 is 0 Å². The van der Waals surface area contributed by atoms with Crippen LogP contribution in [0.4, 0.5) is 11.4 Å². The zero-order chi connectivity index (χ0) is 14.1. The van der Waals surface area contributed by atoms with Gasteiger partial charge in [-0.2, -0.15) is 0 Å². The molecule has 1 amide bonds. The fraction of sp³-hybridized carbons (Fsp3) is 0.312. The van der Waals surface area contributed by atoms with Crippen LogP contribution in [0.3, 0.4) is 0 Å². The molecular weight excluding hydrogens is 250 g/mol. The second-order valence-corrected chi connectivity index (χ2v) is 5.31. The minimum Gasteiger partial charge on any atom is -0.397 e. The molecule has 0 bridgehead atoms. The van der Waals surface area contributed by atoms with Crippen LogP contribution in [0, 0.1) is 0 Å². The third-order valence-corrected chi connectivity index (χ3v) is 3.85. The summed E-state index contributed by atoms with van der Waals surface area (Å²) in [6, 6.07) is 9.91. The lowest BCUT2D eigenvalue weighted by Crippen LogP contribution is -2.33. The Labute approximate surface area is 118 Å². The molecule has 2 heterocycles. The van der Waals surface area contributed by atoms with Crippen molar-refractivity contribution in [3.05, 3.63) is 47.8 Å². The average molecular weight is 269 g/mol. The van der Waals surface area contributed by atoms with Gasteiger partial charge < -0.3 is 15.2 Å². The maximum atomic E-state index is 12.8. The number of fused-ring (bicyclic) bond motifs is 1. The van der Waals surface area contributed by atoms with Crippen LogP contribution in [0.2, 0.25) is 0 Å². The Morgan fingerprint density at radius 3 is 2.80 bits per heavy atom. The van der Waals surface area contributed by atoms with Gasteiger partial charge in [-0.1, -0.05) is 18.2 Å². The molecule has 2 aromatic rings. The molecule has 0 saturated heterocycles. The molecule has 0 saturated carbocycles. The van der Waals surface area contributed by atoms with Crippen molar-refractivity contribution in [2.75, 3.05) is 17.2 Å². The Bertz CT molecular complexity index is 645. The van der Waals surface area contributed by atoms with Crippen molar-refractivity contribution >= 4 is 17.3 Å². The highest BCUT2D eigenvalue weighted by Crippen LogP contribution is 2.27. The summed E-state index contributed by atoms with van der Waals surface area (Å²) >= 11 is 0. The van der Waals surface area contributed by atoms with Crippen LogP contribution in [0.5, 0.6) is 0 Å². The SMILES string of the molecule is Cn1cc(N)cc1C(=O)N1CCCCc2ccccc21. The topological polar surface area (TPSA) is 51.3 Å². The second-order valence-electron chi connectivity index (χ2n) is 5.31. The van der Waals surface area contributed by atoms with Crippen LogP contribution in [0.25, 0.3) is 0 Å². The lowest BCUT2D eigenvalue weighted by Gasteiger charge is -2.23. The third kappa shape index (κ3) is 2.18. The predicted molar refractivity (Wildman–Crippen MR) is 80.9 cm³/mol. The number of carbonyl (C=O) groups is 1. The number of nitrogens with two attached hydrogens (primary N) is 1. The van der Waals surface area contributed by atoms with Gasteiger partial charge >= 0.3 is 0 Å². The quantitative estimate of drug-likeness (QED) is 0.865. The smallest absolute Gasteiger partial charge is 0.274 e. The summed E-state index contributed by atoms with van der Waals surface area (Å²) in [5.74, 6) is 0.0264. The Morgan fingerprint density at radius 2 is 2.05 bits per heavy atom. The minimum absolute atomic E-state index is 0.0264. The number of hydrogen-bond donors (Lipinski definition) is 1. The fourth-order valence-electron chi connectivity index (χ4n) is 2.84. The Kier molecular flexibility index (Phi) is 3.22. The molecule has 20 heavy (non-hydrogen) atoms. The third-order valence-electron chi connectivity index (χ3n) is 3.85. The molecule has 4 heteroatoms. The predicted octanol–water partition coefficient (Wildman–Crippen LogP) is 2.59. The molecule has 2 N–H and O–H groups in total. The number of carbonyl (C=O) groups excluding carboxylic acids is 1. The van der Waals surface area contributed by atoms with E-state index in [9.17, 15) is 4.79 Å². The van der Waals surface area contributed by atoms with Crippen LogP contribution in [-0.2, 0) is 13.5 Å². The molecule has 1 aliphatic rings. The van der Waals surface area contributed by atoms with Gasteiger partial charge in [0.05, 0.1) is 5.69 Å². The van der Waals surface area contributed by atoms with E-state index in [1.165, 1.54) is 5.56 Å². The highest BCUT2D eigenvalue weighted by Gasteiger charge is 2.23. The highest BCUT2D eigenvalue weighted by atomic mass is 16.2. The molecule has 0 fully saturated rings. The summed E-state index contributed by atoms with van der Waals surface area (Å²) in [5, 5.41) is 0. The van der Waals surface area contributed by atoms with Crippen molar-refractivity contribution in [2.45, 2.75) is 19.3 Å². The van der Waals surface area contributed by atoms with Crippen molar-refractivity contribution in [3.8, 4) is 0 Å². The van der Waals surface area contributed by atoms with E-state index in [4.69, 9.17) is 5.73 Å². The first-order valence-electron chi connectivity index (χ1n) is 6.98. The molecule has 104 valence electrons. The van der Waals surface area contributed by atoms with Crippen LogP contribution in [0.1, 0.15) is 28.9 Å². The van der Waals surface area contributed by atoms with Gasteiger partial charge in [0.25, 0.3) is 5.91 Å². The Balaban J connectivity index is 2.01. The summed E-state index contributed by atoms with van der Waals surface area (Å²) in [6.07, 6.45) is 4.96. The van der Waals surface area contributed by atoms with Crippen molar-refractivity contribution in [2.24, 2.45) is 7.05 Å². The first kappa shape index (κ1) is 12.8. The molecular formula is C16H19N3O. The lowest BCUT2D eigenvalue weighted by molar-refractivity contribution is 0.0979. The zero-order valence-electron chi connectivity index (χ0n) is 11.7. The number of hydrogen-bond acceptors (Lipinski definition) is 2.